The summed E-state index contributed by atoms with van der Waals surface area (Å²) in [5.41, 5.74) is 0. The molecule has 0 spiro atoms. The third-order valence-electron chi connectivity index (χ3n) is 1.58. The van der Waals surface area contributed by atoms with E-state index in [9.17, 15) is 4.79 Å². The second-order valence-corrected chi connectivity index (χ2v) is 2.67. The number of hydrogen-bond donors (Lipinski definition) is 0. The number of aldehydes is 1. The van der Waals surface area contributed by atoms with E-state index in [0.29, 0.717) is 18.9 Å². The van der Waals surface area contributed by atoms with Gasteiger partial charge in [-0.25, -0.2) is 0 Å². The molecule has 4 nitrogen and oxygen atoms in total. The summed E-state index contributed by atoms with van der Waals surface area (Å²) < 4.78 is 5.24. The molecule has 0 aromatic heterocycles. The van der Waals surface area contributed by atoms with E-state index < -0.39 is 6.10 Å². The third-order valence-corrected chi connectivity index (χ3v) is 1.58. The van der Waals surface area contributed by atoms with E-state index in [0.717, 1.165) is 19.1 Å². The standard InChI is InChI=1S/C8H13NO3/c1-2-3-4-11-8-5-7(6-10)12-9-8/h6-7H,2-5H2,1H3. The Labute approximate surface area is 71.5 Å². The van der Waals surface area contributed by atoms with Gasteiger partial charge in [0.1, 0.15) is 0 Å². The summed E-state index contributed by atoms with van der Waals surface area (Å²) in [7, 11) is 0. The van der Waals surface area contributed by atoms with E-state index in [1.807, 2.05) is 0 Å². The van der Waals surface area contributed by atoms with Gasteiger partial charge >= 0.3 is 0 Å². The van der Waals surface area contributed by atoms with Crippen LogP contribution in [0.15, 0.2) is 5.16 Å². The lowest BCUT2D eigenvalue weighted by molar-refractivity contribution is -0.116. The first-order valence-corrected chi connectivity index (χ1v) is 4.17. The van der Waals surface area contributed by atoms with Crippen molar-refractivity contribution in [3.05, 3.63) is 0 Å². The van der Waals surface area contributed by atoms with E-state index in [4.69, 9.17) is 9.57 Å². The molecule has 1 aliphatic rings. The Bertz CT molecular complexity index is 179. The second kappa shape index (κ2) is 4.74. The highest BCUT2D eigenvalue weighted by atomic mass is 16.7. The number of carbonyl (C=O) groups is 1. The van der Waals surface area contributed by atoms with Gasteiger partial charge in [-0.3, -0.25) is 4.79 Å². The van der Waals surface area contributed by atoms with Crippen molar-refractivity contribution in [3.8, 4) is 0 Å². The molecule has 0 aliphatic carbocycles. The van der Waals surface area contributed by atoms with E-state index >= 15 is 0 Å². The topological polar surface area (TPSA) is 47.9 Å². The Morgan fingerprint density at radius 2 is 2.67 bits per heavy atom. The van der Waals surface area contributed by atoms with Crippen molar-refractivity contribution in [2.75, 3.05) is 6.61 Å². The fourth-order valence-corrected chi connectivity index (χ4v) is 0.866. The molecule has 0 amide bonds. The van der Waals surface area contributed by atoms with Crippen molar-refractivity contribution in [2.45, 2.75) is 32.3 Å². The minimum atomic E-state index is -0.429. The highest BCUT2D eigenvalue weighted by molar-refractivity contribution is 5.81. The molecule has 0 aromatic rings. The molecule has 1 heterocycles. The molecule has 68 valence electrons. The molecule has 1 atom stereocenters. The zero-order chi connectivity index (χ0) is 8.81. The summed E-state index contributed by atoms with van der Waals surface area (Å²) >= 11 is 0. The Hall–Kier alpha value is -1.06. The first-order valence-electron chi connectivity index (χ1n) is 4.17. The van der Waals surface area contributed by atoms with Gasteiger partial charge in [0.15, 0.2) is 12.4 Å². The molecular formula is C8H13NO3. The molecule has 0 fully saturated rings. The zero-order valence-electron chi connectivity index (χ0n) is 7.16. The molecule has 1 rings (SSSR count). The van der Waals surface area contributed by atoms with Crippen LogP contribution in [0.2, 0.25) is 0 Å². The molecule has 4 heteroatoms. The van der Waals surface area contributed by atoms with Gasteiger partial charge in [0.2, 0.25) is 5.90 Å². The highest BCUT2D eigenvalue weighted by Crippen LogP contribution is 2.09. The molecule has 12 heavy (non-hydrogen) atoms. The number of oxime groups is 1. The van der Waals surface area contributed by atoms with Gasteiger partial charge in [-0.05, 0) is 6.42 Å². The average molecular weight is 171 g/mol. The molecule has 0 N–H and O–H groups in total. The van der Waals surface area contributed by atoms with Crippen LogP contribution in [0.1, 0.15) is 26.2 Å². The summed E-state index contributed by atoms with van der Waals surface area (Å²) in [4.78, 5) is 15.0. The Morgan fingerprint density at radius 1 is 1.83 bits per heavy atom. The van der Waals surface area contributed by atoms with Gasteiger partial charge in [0.25, 0.3) is 0 Å². The maximum Gasteiger partial charge on any atom is 0.229 e. The molecule has 1 unspecified atom stereocenters. The van der Waals surface area contributed by atoms with Gasteiger partial charge in [0.05, 0.1) is 13.0 Å². The van der Waals surface area contributed by atoms with Crippen LogP contribution >= 0.6 is 0 Å². The number of rotatable bonds is 4. The summed E-state index contributed by atoms with van der Waals surface area (Å²) in [5, 5.41) is 3.62. The first kappa shape index (κ1) is 9.03. The Balaban J connectivity index is 2.14. The van der Waals surface area contributed by atoms with Crippen molar-refractivity contribution >= 4 is 12.2 Å². The SMILES string of the molecule is CCCCOC1=NOC(C=O)C1. The second-order valence-electron chi connectivity index (χ2n) is 2.67. The van der Waals surface area contributed by atoms with E-state index in [1.54, 1.807) is 0 Å². The van der Waals surface area contributed by atoms with Crippen LogP contribution < -0.4 is 0 Å². The molecule has 0 saturated heterocycles. The highest BCUT2D eigenvalue weighted by Gasteiger charge is 2.20. The number of unbranched alkanes of at least 4 members (excludes halogenated alkanes) is 1. The predicted octanol–water partition coefficient (Wildman–Crippen LogP) is 1.10. The molecule has 0 aromatic carbocycles. The average Bonchev–Trinajstić information content (AvgIpc) is 2.53. The number of hydrogen-bond acceptors (Lipinski definition) is 4. The smallest absolute Gasteiger partial charge is 0.229 e. The molecular weight excluding hydrogens is 158 g/mol. The summed E-state index contributed by atoms with van der Waals surface area (Å²) in [6, 6.07) is 0. The quantitative estimate of drug-likeness (QED) is 0.470. The van der Waals surface area contributed by atoms with Gasteiger partial charge in [0, 0.05) is 0 Å². The summed E-state index contributed by atoms with van der Waals surface area (Å²) in [5.74, 6) is 0.542. The number of carbonyl (C=O) groups excluding carboxylic acids is 1. The largest absolute Gasteiger partial charge is 0.479 e. The van der Waals surface area contributed by atoms with Crippen LogP contribution in [0.4, 0.5) is 0 Å². The molecule has 0 radical (unpaired) electrons. The van der Waals surface area contributed by atoms with Crippen molar-refractivity contribution in [1.82, 2.24) is 0 Å². The van der Waals surface area contributed by atoms with E-state index in [2.05, 4.69) is 12.1 Å². The number of ether oxygens (including phenoxy) is 1. The van der Waals surface area contributed by atoms with Crippen molar-refractivity contribution in [3.63, 3.8) is 0 Å². The van der Waals surface area contributed by atoms with Crippen LogP contribution in [0.3, 0.4) is 0 Å². The van der Waals surface area contributed by atoms with Crippen molar-refractivity contribution in [1.29, 1.82) is 0 Å². The fourth-order valence-electron chi connectivity index (χ4n) is 0.866. The van der Waals surface area contributed by atoms with Crippen LogP contribution in [-0.4, -0.2) is 24.9 Å². The van der Waals surface area contributed by atoms with Crippen LogP contribution in [0.25, 0.3) is 0 Å². The predicted molar refractivity (Wildman–Crippen MR) is 43.8 cm³/mol. The molecule has 1 aliphatic heterocycles. The molecule has 0 bridgehead atoms. The van der Waals surface area contributed by atoms with Gasteiger partial charge in [-0.15, -0.1) is 0 Å². The Morgan fingerprint density at radius 3 is 3.25 bits per heavy atom. The minimum Gasteiger partial charge on any atom is -0.479 e. The number of nitrogens with zero attached hydrogens (tertiary/aromatic N) is 1. The van der Waals surface area contributed by atoms with Crippen molar-refractivity contribution < 1.29 is 14.4 Å². The van der Waals surface area contributed by atoms with Gasteiger partial charge in [-0.2, -0.15) is 0 Å². The lowest BCUT2D eigenvalue weighted by Gasteiger charge is -2.01. The zero-order valence-corrected chi connectivity index (χ0v) is 7.16. The van der Waals surface area contributed by atoms with Gasteiger partial charge in [-0.1, -0.05) is 18.5 Å². The van der Waals surface area contributed by atoms with E-state index in [-0.39, 0.29) is 0 Å². The first-order chi connectivity index (χ1) is 5.86. The minimum absolute atomic E-state index is 0.429. The monoisotopic (exact) mass is 171 g/mol. The maximum absolute atomic E-state index is 10.2. The summed E-state index contributed by atoms with van der Waals surface area (Å²) in [6.45, 7) is 2.74. The van der Waals surface area contributed by atoms with E-state index in [1.165, 1.54) is 0 Å². The normalized spacial score (nSPS) is 21.4. The fraction of sp³-hybridized carbons (Fsp3) is 0.750. The van der Waals surface area contributed by atoms with Crippen molar-refractivity contribution in [2.24, 2.45) is 5.16 Å². The lowest BCUT2D eigenvalue weighted by atomic mass is 10.3. The van der Waals surface area contributed by atoms with Gasteiger partial charge < -0.3 is 9.57 Å². The Kier molecular flexibility index (Phi) is 3.57. The van der Waals surface area contributed by atoms with Crippen LogP contribution in [0, 0.1) is 0 Å². The summed E-state index contributed by atoms with van der Waals surface area (Å²) in [6.07, 6.45) is 2.88. The van der Waals surface area contributed by atoms with Crippen LogP contribution in [-0.2, 0) is 14.4 Å². The van der Waals surface area contributed by atoms with Crippen LogP contribution in [0.5, 0.6) is 0 Å². The molecule has 0 saturated carbocycles. The maximum atomic E-state index is 10.2. The third kappa shape index (κ3) is 2.53. The lowest BCUT2D eigenvalue weighted by Crippen LogP contribution is -2.11.